The van der Waals surface area contributed by atoms with Crippen LogP contribution in [0.5, 0.6) is 0 Å². The van der Waals surface area contributed by atoms with Gasteiger partial charge in [-0.2, -0.15) is 0 Å². The zero-order valence-corrected chi connectivity index (χ0v) is 15.4. The minimum absolute atomic E-state index is 0.0399. The molecule has 0 heterocycles. The number of aliphatic hydroxyl groups is 1. The summed E-state index contributed by atoms with van der Waals surface area (Å²) in [6.07, 6.45) is 9.57. The maximum Gasteiger partial charge on any atom is 0.302 e. The summed E-state index contributed by atoms with van der Waals surface area (Å²) >= 11 is 0. The molecule has 0 aromatic heterocycles. The van der Waals surface area contributed by atoms with Gasteiger partial charge in [0.15, 0.2) is 0 Å². The number of ketones is 1. The van der Waals surface area contributed by atoms with Crippen molar-refractivity contribution in [2.24, 2.45) is 28.6 Å². The molecule has 4 rings (SSSR count). The van der Waals surface area contributed by atoms with Crippen molar-refractivity contribution in [3.8, 4) is 0 Å². The zero-order chi connectivity index (χ0) is 17.8. The number of carbonyl (C=O) groups excluding carboxylic acids is 2. The van der Waals surface area contributed by atoms with Gasteiger partial charge in [-0.1, -0.05) is 18.6 Å². The zero-order valence-electron chi connectivity index (χ0n) is 15.4. The minimum Gasteiger partial charge on any atom is -0.462 e. The molecule has 4 aliphatic carbocycles. The number of allylic oxidation sites excluding steroid dienone is 1. The fourth-order valence-electron chi connectivity index (χ4n) is 6.82. The summed E-state index contributed by atoms with van der Waals surface area (Å²) in [5.74, 6) is 1.72. The van der Waals surface area contributed by atoms with Crippen LogP contribution in [-0.4, -0.2) is 29.6 Å². The highest BCUT2D eigenvalue weighted by atomic mass is 16.5. The Morgan fingerprint density at radius 3 is 2.80 bits per heavy atom. The van der Waals surface area contributed by atoms with Crippen LogP contribution in [0.25, 0.3) is 0 Å². The van der Waals surface area contributed by atoms with Crippen LogP contribution in [0.3, 0.4) is 0 Å². The molecule has 0 saturated heterocycles. The molecule has 1 unspecified atom stereocenters. The maximum absolute atomic E-state index is 12.5. The number of aliphatic hydroxyl groups excluding tert-OH is 1. The van der Waals surface area contributed by atoms with Crippen molar-refractivity contribution < 1.29 is 19.4 Å². The van der Waals surface area contributed by atoms with E-state index >= 15 is 0 Å². The Bertz CT molecular complexity index is 623. The highest BCUT2D eigenvalue weighted by Crippen LogP contribution is 2.64. The molecule has 0 aromatic rings. The normalized spacial score (nSPS) is 45.9. The Hall–Kier alpha value is -1.16. The van der Waals surface area contributed by atoms with Crippen LogP contribution in [0.4, 0.5) is 0 Å². The number of Topliss-reactive ketones (excluding diaryl/α,β-unsaturated/α-hetero) is 1. The van der Waals surface area contributed by atoms with Crippen LogP contribution in [-0.2, 0) is 14.3 Å². The first-order valence-corrected chi connectivity index (χ1v) is 9.91. The summed E-state index contributed by atoms with van der Waals surface area (Å²) in [6, 6.07) is 0. The number of hydrogen-bond donors (Lipinski definition) is 1. The van der Waals surface area contributed by atoms with Crippen molar-refractivity contribution in [3.63, 3.8) is 0 Å². The summed E-state index contributed by atoms with van der Waals surface area (Å²) in [6.45, 7) is 3.84. The minimum atomic E-state index is -0.214. The first kappa shape index (κ1) is 17.3. The van der Waals surface area contributed by atoms with E-state index in [9.17, 15) is 14.7 Å². The number of ether oxygens (including phenoxy) is 1. The molecular formula is C21H30O4. The first-order valence-electron chi connectivity index (χ1n) is 9.91. The van der Waals surface area contributed by atoms with Crippen LogP contribution in [0, 0.1) is 28.6 Å². The molecular weight excluding hydrogens is 316 g/mol. The van der Waals surface area contributed by atoms with Gasteiger partial charge in [-0.3, -0.25) is 9.59 Å². The Balaban J connectivity index is 1.63. The van der Waals surface area contributed by atoms with Gasteiger partial charge in [-0.15, -0.1) is 0 Å². The standard InChI is InChI=1S/C21H30O4/c1-13(23)25-15-7-10-21(12-22)14(11-15)3-4-16-17-5-6-19(24)20(17,2)9-8-18(16)21/h3,15-18,22H,4-12H2,1-2H3/t15?,16-,17-,18-,20-,21+/m0/s1. The lowest BCUT2D eigenvalue weighted by Gasteiger charge is -2.57. The molecule has 1 N–H and O–H groups in total. The third-order valence-electron chi connectivity index (χ3n) is 8.11. The molecule has 0 aromatic carbocycles. The van der Waals surface area contributed by atoms with Crippen molar-refractivity contribution in [2.75, 3.05) is 6.61 Å². The van der Waals surface area contributed by atoms with E-state index in [0.717, 1.165) is 51.4 Å². The quantitative estimate of drug-likeness (QED) is 0.615. The Morgan fingerprint density at radius 2 is 2.08 bits per heavy atom. The predicted molar refractivity (Wildman–Crippen MR) is 93.7 cm³/mol. The van der Waals surface area contributed by atoms with Crippen LogP contribution < -0.4 is 0 Å². The van der Waals surface area contributed by atoms with Gasteiger partial charge in [0, 0.05) is 30.6 Å². The van der Waals surface area contributed by atoms with E-state index in [1.165, 1.54) is 12.5 Å². The summed E-state index contributed by atoms with van der Waals surface area (Å²) in [5, 5.41) is 10.4. The lowest BCUT2D eigenvalue weighted by molar-refractivity contribution is -0.149. The molecule has 0 aliphatic heterocycles. The molecule has 25 heavy (non-hydrogen) atoms. The summed E-state index contributed by atoms with van der Waals surface area (Å²) in [7, 11) is 0. The summed E-state index contributed by atoms with van der Waals surface area (Å²) in [5.41, 5.74) is 1.03. The average molecular weight is 346 g/mol. The smallest absolute Gasteiger partial charge is 0.302 e. The number of rotatable bonds is 2. The third-order valence-corrected chi connectivity index (χ3v) is 8.11. The van der Waals surface area contributed by atoms with Gasteiger partial charge >= 0.3 is 5.97 Å². The van der Waals surface area contributed by atoms with Gasteiger partial charge in [0.25, 0.3) is 0 Å². The number of carbonyl (C=O) groups is 2. The number of fused-ring (bicyclic) bond motifs is 5. The Kier molecular flexibility index (Phi) is 4.10. The lowest BCUT2D eigenvalue weighted by atomic mass is 9.47. The predicted octanol–water partition coefficient (Wildman–Crippen LogP) is 3.42. The number of hydrogen-bond acceptors (Lipinski definition) is 4. The van der Waals surface area contributed by atoms with Crippen LogP contribution in [0.1, 0.15) is 65.2 Å². The lowest BCUT2D eigenvalue weighted by Crippen LogP contribution is -2.53. The van der Waals surface area contributed by atoms with E-state index in [1.54, 1.807) is 0 Å². The fourth-order valence-corrected chi connectivity index (χ4v) is 6.82. The van der Waals surface area contributed by atoms with Crippen LogP contribution in [0.15, 0.2) is 11.6 Å². The second-order valence-corrected chi connectivity index (χ2v) is 9.05. The summed E-state index contributed by atoms with van der Waals surface area (Å²) in [4.78, 5) is 23.8. The largest absolute Gasteiger partial charge is 0.462 e. The van der Waals surface area contributed by atoms with Gasteiger partial charge in [-0.25, -0.2) is 0 Å². The molecule has 0 amide bonds. The van der Waals surface area contributed by atoms with Gasteiger partial charge in [-0.05, 0) is 56.3 Å². The van der Waals surface area contributed by atoms with Gasteiger partial charge in [0.1, 0.15) is 11.9 Å². The van der Waals surface area contributed by atoms with E-state index in [0.29, 0.717) is 23.5 Å². The second-order valence-electron chi connectivity index (χ2n) is 9.05. The number of esters is 1. The highest BCUT2D eigenvalue weighted by Gasteiger charge is 2.59. The van der Waals surface area contributed by atoms with E-state index in [2.05, 4.69) is 13.0 Å². The SMILES string of the molecule is CC(=O)OC1CC[C@@]2(CO)C(=CC[C@@H]3[C@@H]2CC[C@]2(C)C(=O)CC[C@@H]32)C1. The molecule has 4 nitrogen and oxygen atoms in total. The van der Waals surface area contributed by atoms with Crippen LogP contribution >= 0.6 is 0 Å². The van der Waals surface area contributed by atoms with Crippen molar-refractivity contribution in [2.45, 2.75) is 71.3 Å². The second kappa shape index (κ2) is 5.94. The van der Waals surface area contributed by atoms with E-state index in [4.69, 9.17) is 4.74 Å². The molecule has 0 spiro atoms. The van der Waals surface area contributed by atoms with Crippen molar-refractivity contribution in [3.05, 3.63) is 11.6 Å². The molecule has 138 valence electrons. The van der Waals surface area contributed by atoms with Gasteiger partial charge < -0.3 is 9.84 Å². The average Bonchev–Trinajstić information content (AvgIpc) is 2.89. The van der Waals surface area contributed by atoms with Crippen LogP contribution in [0.2, 0.25) is 0 Å². The maximum atomic E-state index is 12.5. The fraction of sp³-hybridized carbons (Fsp3) is 0.810. The monoisotopic (exact) mass is 346 g/mol. The van der Waals surface area contributed by atoms with Gasteiger partial charge in [0.2, 0.25) is 0 Å². The molecule has 3 fully saturated rings. The molecule has 4 aliphatic rings. The summed E-state index contributed by atoms with van der Waals surface area (Å²) < 4.78 is 5.46. The molecule has 0 bridgehead atoms. The van der Waals surface area contributed by atoms with E-state index in [-0.39, 0.29) is 29.5 Å². The molecule has 6 atom stereocenters. The van der Waals surface area contributed by atoms with Crippen molar-refractivity contribution in [1.29, 1.82) is 0 Å². The molecule has 0 radical (unpaired) electrons. The van der Waals surface area contributed by atoms with E-state index < -0.39 is 0 Å². The Morgan fingerprint density at radius 1 is 1.28 bits per heavy atom. The van der Waals surface area contributed by atoms with Gasteiger partial charge in [0.05, 0.1) is 6.61 Å². The topological polar surface area (TPSA) is 63.6 Å². The molecule has 3 saturated carbocycles. The Labute approximate surface area is 150 Å². The highest BCUT2D eigenvalue weighted by molar-refractivity contribution is 5.87. The van der Waals surface area contributed by atoms with Crippen molar-refractivity contribution >= 4 is 11.8 Å². The van der Waals surface area contributed by atoms with E-state index in [1.807, 2.05) is 0 Å². The third kappa shape index (κ3) is 2.43. The molecule has 4 heteroatoms. The first-order chi connectivity index (χ1) is 11.9. The van der Waals surface area contributed by atoms with Crippen molar-refractivity contribution in [1.82, 2.24) is 0 Å².